The first-order valence-electron chi connectivity index (χ1n) is 8.67. The second-order valence-electron chi connectivity index (χ2n) is 6.60. The molecule has 0 aliphatic carbocycles. The summed E-state index contributed by atoms with van der Waals surface area (Å²) in [7, 11) is 0. The lowest BCUT2D eigenvalue weighted by molar-refractivity contribution is -0.125. The molecule has 0 saturated heterocycles. The third-order valence-corrected chi connectivity index (χ3v) is 4.51. The number of para-hydroxylation sites is 2. The maximum atomic E-state index is 12.6. The van der Waals surface area contributed by atoms with Gasteiger partial charge in [-0.1, -0.05) is 19.1 Å². The van der Waals surface area contributed by atoms with Gasteiger partial charge in [-0.15, -0.1) is 0 Å². The molecular formula is C20H20N4O2. The highest BCUT2D eigenvalue weighted by Crippen LogP contribution is 2.23. The van der Waals surface area contributed by atoms with E-state index in [4.69, 9.17) is 4.42 Å². The fourth-order valence-electron chi connectivity index (χ4n) is 3.03. The molecule has 3 aromatic heterocycles. The molecule has 0 bridgehead atoms. The van der Waals surface area contributed by atoms with Crippen LogP contribution in [0.5, 0.6) is 0 Å². The molecule has 6 heteroatoms. The number of benzene rings is 1. The van der Waals surface area contributed by atoms with E-state index < -0.39 is 0 Å². The molecule has 0 aliphatic heterocycles. The van der Waals surface area contributed by atoms with Crippen LogP contribution >= 0.6 is 0 Å². The van der Waals surface area contributed by atoms with E-state index in [1.807, 2.05) is 50.2 Å². The minimum Gasteiger partial charge on any atom is -0.459 e. The van der Waals surface area contributed by atoms with Crippen LogP contribution < -0.4 is 5.32 Å². The number of aromatic amines is 1. The number of imidazole rings is 1. The Morgan fingerprint density at radius 2 is 2.12 bits per heavy atom. The Bertz CT molecular complexity index is 1000. The summed E-state index contributed by atoms with van der Waals surface area (Å²) < 4.78 is 5.80. The van der Waals surface area contributed by atoms with E-state index in [0.29, 0.717) is 6.42 Å². The van der Waals surface area contributed by atoms with Crippen LogP contribution in [0, 0.1) is 5.92 Å². The Kier molecular flexibility index (Phi) is 4.16. The standard InChI is InChI=1S/C20H20N4O2/c1-12(9-19-23-15-5-3-4-6-16(15)24-19)20(25)22-13(2)18-10-14-11-21-8-7-17(14)26-18/h3-8,10-13H,9H2,1-2H3,(H,22,25)(H,23,24)/t12-,13?/m0/s1. The highest BCUT2D eigenvalue weighted by molar-refractivity contribution is 5.80. The van der Waals surface area contributed by atoms with Crippen molar-refractivity contribution in [2.45, 2.75) is 26.3 Å². The van der Waals surface area contributed by atoms with E-state index in [-0.39, 0.29) is 17.9 Å². The van der Waals surface area contributed by atoms with Crippen LogP contribution in [0.1, 0.15) is 31.5 Å². The first-order valence-corrected chi connectivity index (χ1v) is 8.67. The van der Waals surface area contributed by atoms with E-state index in [2.05, 4.69) is 20.3 Å². The zero-order valence-corrected chi connectivity index (χ0v) is 14.7. The number of pyridine rings is 1. The van der Waals surface area contributed by atoms with Gasteiger partial charge < -0.3 is 14.7 Å². The second-order valence-corrected chi connectivity index (χ2v) is 6.60. The van der Waals surface area contributed by atoms with Gasteiger partial charge in [0.2, 0.25) is 5.91 Å². The van der Waals surface area contributed by atoms with Crippen LogP contribution in [-0.4, -0.2) is 20.9 Å². The monoisotopic (exact) mass is 348 g/mol. The Labute approximate surface area is 150 Å². The number of rotatable bonds is 5. The predicted molar refractivity (Wildman–Crippen MR) is 99.5 cm³/mol. The quantitative estimate of drug-likeness (QED) is 0.575. The number of nitrogens with one attached hydrogen (secondary N) is 2. The van der Waals surface area contributed by atoms with Crippen molar-refractivity contribution in [2.24, 2.45) is 5.92 Å². The van der Waals surface area contributed by atoms with Crippen molar-refractivity contribution in [3.05, 3.63) is 60.4 Å². The number of fused-ring (bicyclic) bond motifs is 2. The van der Waals surface area contributed by atoms with Crippen molar-refractivity contribution in [1.82, 2.24) is 20.3 Å². The van der Waals surface area contributed by atoms with Crippen molar-refractivity contribution in [3.8, 4) is 0 Å². The molecule has 1 unspecified atom stereocenters. The fraction of sp³-hybridized carbons (Fsp3) is 0.250. The third kappa shape index (κ3) is 3.18. The summed E-state index contributed by atoms with van der Waals surface area (Å²) >= 11 is 0. The normalized spacial score (nSPS) is 13.8. The highest BCUT2D eigenvalue weighted by atomic mass is 16.3. The smallest absolute Gasteiger partial charge is 0.223 e. The average Bonchev–Trinajstić information content (AvgIpc) is 3.24. The van der Waals surface area contributed by atoms with Gasteiger partial charge in [0, 0.05) is 30.1 Å². The Morgan fingerprint density at radius 3 is 2.92 bits per heavy atom. The first-order chi connectivity index (χ1) is 12.6. The van der Waals surface area contributed by atoms with E-state index in [9.17, 15) is 4.79 Å². The summed E-state index contributed by atoms with van der Waals surface area (Å²) in [4.78, 5) is 24.4. The van der Waals surface area contributed by atoms with E-state index >= 15 is 0 Å². The Balaban J connectivity index is 1.43. The lowest BCUT2D eigenvalue weighted by Gasteiger charge is -2.15. The molecule has 0 saturated carbocycles. The van der Waals surface area contributed by atoms with Gasteiger partial charge in [0.25, 0.3) is 0 Å². The molecule has 3 heterocycles. The molecule has 0 radical (unpaired) electrons. The fourth-order valence-corrected chi connectivity index (χ4v) is 3.03. The average molecular weight is 348 g/mol. The number of carbonyl (C=O) groups is 1. The van der Waals surface area contributed by atoms with Gasteiger partial charge in [-0.05, 0) is 31.2 Å². The molecule has 1 amide bonds. The summed E-state index contributed by atoms with van der Waals surface area (Å²) in [5.74, 6) is 1.30. The van der Waals surface area contributed by atoms with Gasteiger partial charge >= 0.3 is 0 Å². The zero-order valence-electron chi connectivity index (χ0n) is 14.7. The van der Waals surface area contributed by atoms with Gasteiger partial charge in [-0.3, -0.25) is 9.78 Å². The van der Waals surface area contributed by atoms with Crippen molar-refractivity contribution in [3.63, 3.8) is 0 Å². The van der Waals surface area contributed by atoms with Gasteiger partial charge in [0.1, 0.15) is 17.2 Å². The number of hydrogen-bond acceptors (Lipinski definition) is 4. The predicted octanol–water partition coefficient (Wildman–Crippen LogP) is 3.76. The molecule has 0 spiro atoms. The van der Waals surface area contributed by atoms with Crippen LogP contribution in [-0.2, 0) is 11.2 Å². The molecule has 26 heavy (non-hydrogen) atoms. The largest absolute Gasteiger partial charge is 0.459 e. The lowest BCUT2D eigenvalue weighted by atomic mass is 10.1. The number of H-pyrrole nitrogens is 1. The van der Waals surface area contributed by atoms with Crippen molar-refractivity contribution in [1.29, 1.82) is 0 Å². The van der Waals surface area contributed by atoms with Gasteiger partial charge in [-0.2, -0.15) is 0 Å². The SMILES string of the molecule is CC(NC(=O)[C@@H](C)Cc1nc2ccccc2[nH]1)c1cc2cnccc2o1. The Hall–Kier alpha value is -3.15. The van der Waals surface area contributed by atoms with Gasteiger partial charge in [0.05, 0.1) is 17.1 Å². The molecule has 6 nitrogen and oxygen atoms in total. The minimum atomic E-state index is -0.215. The third-order valence-electron chi connectivity index (χ3n) is 4.51. The molecule has 2 N–H and O–H groups in total. The number of amides is 1. The molecule has 132 valence electrons. The van der Waals surface area contributed by atoms with Crippen LogP contribution in [0.3, 0.4) is 0 Å². The summed E-state index contributed by atoms with van der Waals surface area (Å²) in [6.07, 6.45) is 3.99. The number of nitrogens with zero attached hydrogens (tertiary/aromatic N) is 2. The first kappa shape index (κ1) is 16.3. The van der Waals surface area contributed by atoms with E-state index in [0.717, 1.165) is 33.6 Å². The lowest BCUT2D eigenvalue weighted by Crippen LogP contribution is -2.32. The van der Waals surface area contributed by atoms with E-state index in [1.165, 1.54) is 0 Å². The second kappa shape index (κ2) is 6.63. The van der Waals surface area contributed by atoms with Crippen LogP contribution in [0.2, 0.25) is 0 Å². The van der Waals surface area contributed by atoms with Crippen molar-refractivity contribution >= 4 is 27.9 Å². The zero-order chi connectivity index (χ0) is 18.1. The van der Waals surface area contributed by atoms with Crippen molar-refractivity contribution in [2.75, 3.05) is 0 Å². The van der Waals surface area contributed by atoms with Crippen molar-refractivity contribution < 1.29 is 9.21 Å². The summed E-state index contributed by atoms with van der Waals surface area (Å²) in [6.45, 7) is 3.81. The van der Waals surface area contributed by atoms with Crippen LogP contribution in [0.25, 0.3) is 22.0 Å². The van der Waals surface area contributed by atoms with Gasteiger partial charge in [-0.25, -0.2) is 4.98 Å². The summed E-state index contributed by atoms with van der Waals surface area (Å²) in [6, 6.07) is 11.4. The molecule has 4 rings (SSSR count). The molecule has 1 aromatic carbocycles. The minimum absolute atomic E-state index is 0.0310. The Morgan fingerprint density at radius 1 is 1.27 bits per heavy atom. The maximum Gasteiger partial charge on any atom is 0.223 e. The number of hydrogen-bond donors (Lipinski definition) is 2. The van der Waals surface area contributed by atoms with Gasteiger partial charge in [0.15, 0.2) is 0 Å². The maximum absolute atomic E-state index is 12.6. The van der Waals surface area contributed by atoms with Crippen LogP contribution in [0.4, 0.5) is 0 Å². The molecule has 2 atom stereocenters. The topological polar surface area (TPSA) is 83.8 Å². The summed E-state index contributed by atoms with van der Waals surface area (Å²) in [5.41, 5.74) is 2.67. The van der Waals surface area contributed by atoms with Crippen LogP contribution in [0.15, 0.2) is 53.2 Å². The molecule has 4 aromatic rings. The highest BCUT2D eigenvalue weighted by Gasteiger charge is 2.20. The number of furan rings is 1. The summed E-state index contributed by atoms with van der Waals surface area (Å²) in [5, 5.41) is 3.95. The molecule has 0 aliphatic rings. The molecule has 0 fully saturated rings. The number of carbonyl (C=O) groups excluding carboxylic acids is 1. The molecular weight excluding hydrogens is 328 g/mol. The number of aromatic nitrogens is 3. The van der Waals surface area contributed by atoms with E-state index in [1.54, 1.807) is 12.4 Å².